The Balaban J connectivity index is 1.39. The molecule has 0 spiro atoms. The minimum absolute atomic E-state index is 0.105. The van der Waals surface area contributed by atoms with Crippen LogP contribution in [-0.2, 0) is 0 Å². The van der Waals surface area contributed by atoms with Gasteiger partial charge in [0.15, 0.2) is 5.82 Å². The fraction of sp³-hybridized carbons (Fsp3) is 0.174. The number of hydrogen-bond donors (Lipinski definition) is 0. The molecule has 0 aliphatic carbocycles. The van der Waals surface area contributed by atoms with Crippen LogP contribution in [0.25, 0.3) is 16.4 Å². The van der Waals surface area contributed by atoms with Crippen LogP contribution >= 0.6 is 22.9 Å². The Labute approximate surface area is 193 Å². The van der Waals surface area contributed by atoms with Gasteiger partial charge in [-0.1, -0.05) is 29.8 Å². The summed E-state index contributed by atoms with van der Waals surface area (Å²) in [6.45, 7) is 2.48. The highest BCUT2D eigenvalue weighted by Crippen LogP contribution is 2.27. The molecule has 162 valence electrons. The van der Waals surface area contributed by atoms with Gasteiger partial charge in [0.05, 0.1) is 10.6 Å². The second-order valence-electron chi connectivity index (χ2n) is 7.39. The molecule has 2 aromatic heterocycles. The molecule has 0 atom stereocenters. The molecule has 1 aliphatic heterocycles. The molecule has 6 nitrogen and oxygen atoms in total. The first kappa shape index (κ1) is 20.7. The van der Waals surface area contributed by atoms with E-state index >= 15 is 0 Å². The van der Waals surface area contributed by atoms with Crippen molar-refractivity contribution >= 4 is 34.5 Å². The fourth-order valence-electron chi connectivity index (χ4n) is 3.74. The summed E-state index contributed by atoms with van der Waals surface area (Å²) in [5.41, 5.74) is 1.56. The standard InChI is InChI=1S/C23H19ClFN5OS/c24-16-4-1-6-18(14-16)28-9-11-29(12-10-28)23(31)21-26-22(20-8-3-13-32-20)30(27-21)19-7-2-5-17(25)15-19/h1-8,13-15H,9-12H2. The normalized spacial score (nSPS) is 14.1. The molecule has 0 saturated carbocycles. The Morgan fingerprint density at radius 2 is 1.75 bits per heavy atom. The molecule has 1 amide bonds. The molecular formula is C23H19ClFN5OS. The number of halogens is 2. The van der Waals surface area contributed by atoms with Crippen LogP contribution in [0.3, 0.4) is 0 Å². The molecule has 4 aromatic rings. The second-order valence-corrected chi connectivity index (χ2v) is 8.77. The van der Waals surface area contributed by atoms with E-state index in [1.807, 2.05) is 41.8 Å². The van der Waals surface area contributed by atoms with Gasteiger partial charge >= 0.3 is 0 Å². The van der Waals surface area contributed by atoms with Crippen molar-refractivity contribution in [2.75, 3.05) is 31.1 Å². The summed E-state index contributed by atoms with van der Waals surface area (Å²) in [5, 5.41) is 7.08. The van der Waals surface area contributed by atoms with Gasteiger partial charge in [-0.15, -0.1) is 16.4 Å². The van der Waals surface area contributed by atoms with Crippen molar-refractivity contribution in [3.8, 4) is 16.4 Å². The van der Waals surface area contributed by atoms with Crippen LogP contribution in [0.4, 0.5) is 10.1 Å². The molecule has 2 aromatic carbocycles. The third-order valence-electron chi connectivity index (χ3n) is 5.33. The highest BCUT2D eigenvalue weighted by Gasteiger charge is 2.27. The molecule has 32 heavy (non-hydrogen) atoms. The lowest BCUT2D eigenvalue weighted by Gasteiger charge is -2.35. The first-order chi connectivity index (χ1) is 15.6. The summed E-state index contributed by atoms with van der Waals surface area (Å²) in [6, 6.07) is 17.6. The zero-order chi connectivity index (χ0) is 22.1. The highest BCUT2D eigenvalue weighted by atomic mass is 35.5. The van der Waals surface area contributed by atoms with Crippen molar-refractivity contribution < 1.29 is 9.18 Å². The first-order valence-electron chi connectivity index (χ1n) is 10.2. The molecule has 9 heteroatoms. The van der Waals surface area contributed by atoms with Gasteiger partial charge in [0.25, 0.3) is 5.91 Å². The number of carbonyl (C=O) groups excluding carboxylic acids is 1. The van der Waals surface area contributed by atoms with E-state index in [2.05, 4.69) is 15.0 Å². The van der Waals surface area contributed by atoms with Crippen LogP contribution in [0.15, 0.2) is 66.0 Å². The molecule has 1 aliphatic rings. The number of anilines is 1. The summed E-state index contributed by atoms with van der Waals surface area (Å²) in [7, 11) is 0. The molecule has 0 bridgehead atoms. The summed E-state index contributed by atoms with van der Waals surface area (Å²) >= 11 is 7.60. The average Bonchev–Trinajstić information content (AvgIpc) is 3.49. The first-order valence-corrected chi connectivity index (χ1v) is 11.4. The summed E-state index contributed by atoms with van der Waals surface area (Å²) < 4.78 is 15.4. The lowest BCUT2D eigenvalue weighted by Crippen LogP contribution is -2.49. The monoisotopic (exact) mass is 467 g/mol. The minimum Gasteiger partial charge on any atom is -0.368 e. The maximum Gasteiger partial charge on any atom is 0.293 e. The molecular weight excluding hydrogens is 449 g/mol. The van der Waals surface area contributed by atoms with Gasteiger partial charge in [-0.25, -0.2) is 14.1 Å². The van der Waals surface area contributed by atoms with Crippen molar-refractivity contribution in [1.82, 2.24) is 19.7 Å². The van der Waals surface area contributed by atoms with Gasteiger partial charge in [0, 0.05) is 36.9 Å². The van der Waals surface area contributed by atoms with Gasteiger partial charge in [-0.3, -0.25) is 4.79 Å². The number of benzene rings is 2. The van der Waals surface area contributed by atoms with Gasteiger partial charge in [-0.2, -0.15) is 0 Å². The Bertz CT molecular complexity index is 1250. The van der Waals surface area contributed by atoms with Crippen molar-refractivity contribution in [2.45, 2.75) is 0 Å². The van der Waals surface area contributed by atoms with Crippen LogP contribution in [0, 0.1) is 5.82 Å². The zero-order valence-electron chi connectivity index (χ0n) is 17.0. The van der Waals surface area contributed by atoms with Crippen LogP contribution in [-0.4, -0.2) is 51.8 Å². The average molecular weight is 468 g/mol. The van der Waals surface area contributed by atoms with E-state index in [0.29, 0.717) is 42.7 Å². The number of carbonyl (C=O) groups is 1. The van der Waals surface area contributed by atoms with Crippen LogP contribution in [0.2, 0.25) is 5.02 Å². The fourth-order valence-corrected chi connectivity index (χ4v) is 4.62. The minimum atomic E-state index is -0.375. The predicted molar refractivity (Wildman–Crippen MR) is 124 cm³/mol. The van der Waals surface area contributed by atoms with E-state index in [1.165, 1.54) is 28.2 Å². The maximum atomic E-state index is 13.8. The lowest BCUT2D eigenvalue weighted by atomic mass is 10.2. The molecule has 0 unspecified atom stereocenters. The quantitative estimate of drug-likeness (QED) is 0.434. The smallest absolute Gasteiger partial charge is 0.293 e. The molecule has 0 N–H and O–H groups in total. The van der Waals surface area contributed by atoms with Gasteiger partial charge in [-0.05, 0) is 47.8 Å². The lowest BCUT2D eigenvalue weighted by molar-refractivity contribution is 0.0734. The Morgan fingerprint density at radius 1 is 0.969 bits per heavy atom. The highest BCUT2D eigenvalue weighted by molar-refractivity contribution is 7.13. The molecule has 1 saturated heterocycles. The van der Waals surface area contributed by atoms with Gasteiger partial charge in [0.2, 0.25) is 5.82 Å². The SMILES string of the molecule is O=C(c1nc(-c2cccs2)n(-c2cccc(F)c2)n1)N1CCN(c2cccc(Cl)c2)CC1. The van der Waals surface area contributed by atoms with Crippen LogP contribution in [0.5, 0.6) is 0 Å². The van der Waals surface area contributed by atoms with Crippen molar-refractivity contribution in [2.24, 2.45) is 0 Å². The van der Waals surface area contributed by atoms with E-state index < -0.39 is 0 Å². The largest absolute Gasteiger partial charge is 0.368 e. The molecule has 0 radical (unpaired) electrons. The number of nitrogens with zero attached hydrogens (tertiary/aromatic N) is 5. The molecule has 1 fully saturated rings. The van der Waals surface area contributed by atoms with Crippen molar-refractivity contribution in [1.29, 1.82) is 0 Å². The van der Waals surface area contributed by atoms with Gasteiger partial charge < -0.3 is 9.80 Å². The summed E-state index contributed by atoms with van der Waals surface area (Å²) in [6.07, 6.45) is 0. The van der Waals surface area contributed by atoms with Gasteiger partial charge in [0.1, 0.15) is 5.82 Å². The molecule has 5 rings (SSSR count). The van der Waals surface area contributed by atoms with E-state index in [4.69, 9.17) is 11.6 Å². The maximum absolute atomic E-state index is 13.8. The van der Waals surface area contributed by atoms with E-state index in [9.17, 15) is 9.18 Å². The van der Waals surface area contributed by atoms with Crippen molar-refractivity contribution in [3.63, 3.8) is 0 Å². The Kier molecular flexibility index (Phi) is 5.63. The van der Waals surface area contributed by atoms with Crippen LogP contribution in [0.1, 0.15) is 10.6 Å². The third-order valence-corrected chi connectivity index (χ3v) is 6.43. The number of hydrogen-bond acceptors (Lipinski definition) is 5. The number of amides is 1. The molecule has 3 heterocycles. The summed E-state index contributed by atoms with van der Waals surface area (Å²) in [5.74, 6) is 0.0178. The topological polar surface area (TPSA) is 54.3 Å². The summed E-state index contributed by atoms with van der Waals surface area (Å²) in [4.78, 5) is 22.6. The predicted octanol–water partition coefficient (Wildman–Crippen LogP) is 4.75. The number of rotatable bonds is 4. The zero-order valence-corrected chi connectivity index (χ0v) is 18.6. The van der Waals surface area contributed by atoms with E-state index in [0.717, 1.165) is 10.6 Å². The van der Waals surface area contributed by atoms with Crippen molar-refractivity contribution in [3.05, 3.63) is 82.7 Å². The number of aromatic nitrogens is 3. The van der Waals surface area contributed by atoms with E-state index in [1.54, 1.807) is 17.0 Å². The Hall–Kier alpha value is -3.23. The Morgan fingerprint density at radius 3 is 2.47 bits per heavy atom. The number of piperazine rings is 1. The van der Waals surface area contributed by atoms with E-state index in [-0.39, 0.29) is 17.5 Å². The van der Waals surface area contributed by atoms with Crippen LogP contribution < -0.4 is 4.90 Å². The number of thiophene rings is 1. The third kappa shape index (κ3) is 4.11. The second kappa shape index (κ2) is 8.72.